The van der Waals surface area contributed by atoms with Gasteiger partial charge in [-0.2, -0.15) is 0 Å². The van der Waals surface area contributed by atoms with Crippen molar-refractivity contribution in [2.24, 2.45) is 0 Å². The summed E-state index contributed by atoms with van der Waals surface area (Å²) >= 11 is 3.52. The molecule has 0 amide bonds. The molecule has 1 saturated heterocycles. The third-order valence-electron chi connectivity index (χ3n) is 3.10. The molecule has 0 aromatic heterocycles. The SMILES string of the molecule is Brc1cc2c(cc1COC1CCCCO1)OCO2. The molecule has 18 heavy (non-hydrogen) atoms. The summed E-state index contributed by atoms with van der Waals surface area (Å²) in [5, 5.41) is 0. The van der Waals surface area contributed by atoms with E-state index in [0.29, 0.717) is 6.61 Å². The number of hydrogen-bond acceptors (Lipinski definition) is 4. The van der Waals surface area contributed by atoms with Gasteiger partial charge in [-0.25, -0.2) is 0 Å². The van der Waals surface area contributed by atoms with Crippen molar-refractivity contribution < 1.29 is 18.9 Å². The van der Waals surface area contributed by atoms with Crippen LogP contribution in [0.3, 0.4) is 0 Å². The summed E-state index contributed by atoms with van der Waals surface area (Å²) in [5.74, 6) is 1.56. The molecule has 2 heterocycles. The number of benzene rings is 1. The summed E-state index contributed by atoms with van der Waals surface area (Å²) in [4.78, 5) is 0. The van der Waals surface area contributed by atoms with Crippen LogP contribution in [0.2, 0.25) is 0 Å². The highest BCUT2D eigenvalue weighted by Gasteiger charge is 2.18. The maximum atomic E-state index is 5.76. The van der Waals surface area contributed by atoms with Gasteiger partial charge in [0.05, 0.1) is 6.61 Å². The van der Waals surface area contributed by atoms with Crippen molar-refractivity contribution in [1.29, 1.82) is 0 Å². The first kappa shape index (κ1) is 12.3. The zero-order chi connectivity index (χ0) is 12.4. The van der Waals surface area contributed by atoms with E-state index >= 15 is 0 Å². The van der Waals surface area contributed by atoms with Crippen molar-refractivity contribution in [2.75, 3.05) is 13.4 Å². The lowest BCUT2D eigenvalue weighted by molar-refractivity contribution is -0.169. The van der Waals surface area contributed by atoms with Crippen LogP contribution in [0.15, 0.2) is 16.6 Å². The quantitative estimate of drug-likeness (QED) is 0.858. The molecule has 0 aliphatic carbocycles. The molecule has 3 rings (SSSR count). The van der Waals surface area contributed by atoms with Gasteiger partial charge in [0.2, 0.25) is 6.79 Å². The van der Waals surface area contributed by atoms with Crippen molar-refractivity contribution >= 4 is 15.9 Å². The fraction of sp³-hybridized carbons (Fsp3) is 0.538. The molecule has 98 valence electrons. The average Bonchev–Trinajstić information content (AvgIpc) is 2.84. The standard InChI is InChI=1S/C13H15BrO4/c14-10-6-12-11(17-8-18-12)5-9(10)7-16-13-3-1-2-4-15-13/h5-6,13H,1-4,7-8H2. The van der Waals surface area contributed by atoms with Crippen LogP contribution in [0.1, 0.15) is 24.8 Å². The zero-order valence-corrected chi connectivity index (χ0v) is 11.6. The first-order chi connectivity index (χ1) is 8.83. The molecule has 0 N–H and O–H groups in total. The minimum Gasteiger partial charge on any atom is -0.454 e. The molecule has 0 radical (unpaired) electrons. The Balaban J connectivity index is 1.65. The fourth-order valence-electron chi connectivity index (χ4n) is 2.10. The average molecular weight is 315 g/mol. The summed E-state index contributed by atoms with van der Waals surface area (Å²) in [6.45, 7) is 1.60. The Morgan fingerprint density at radius 2 is 2.06 bits per heavy atom. The minimum atomic E-state index is -0.0731. The monoisotopic (exact) mass is 314 g/mol. The molecule has 1 atom stereocenters. The maximum absolute atomic E-state index is 5.76. The van der Waals surface area contributed by atoms with Crippen LogP contribution in [0.5, 0.6) is 11.5 Å². The molecule has 4 nitrogen and oxygen atoms in total. The van der Waals surface area contributed by atoms with Gasteiger partial charge in [0, 0.05) is 11.1 Å². The van der Waals surface area contributed by atoms with E-state index in [0.717, 1.165) is 41.0 Å². The Morgan fingerprint density at radius 3 is 2.83 bits per heavy atom. The van der Waals surface area contributed by atoms with E-state index in [1.165, 1.54) is 6.42 Å². The highest BCUT2D eigenvalue weighted by molar-refractivity contribution is 9.10. The molecule has 5 heteroatoms. The van der Waals surface area contributed by atoms with E-state index in [1.807, 2.05) is 12.1 Å². The lowest BCUT2D eigenvalue weighted by atomic mass is 10.2. The van der Waals surface area contributed by atoms with E-state index in [-0.39, 0.29) is 13.1 Å². The molecule has 0 spiro atoms. The van der Waals surface area contributed by atoms with Crippen molar-refractivity contribution in [3.63, 3.8) is 0 Å². The summed E-state index contributed by atoms with van der Waals surface area (Å²) in [5.41, 5.74) is 1.05. The summed E-state index contributed by atoms with van der Waals surface area (Å²) in [6.07, 6.45) is 3.21. The molecule has 1 aromatic rings. The van der Waals surface area contributed by atoms with Crippen molar-refractivity contribution in [3.8, 4) is 11.5 Å². The molecule has 0 saturated carbocycles. The molecule has 1 aromatic carbocycles. The maximum Gasteiger partial charge on any atom is 0.231 e. The van der Waals surface area contributed by atoms with E-state index < -0.39 is 0 Å². The summed E-state index contributed by atoms with van der Waals surface area (Å²) in [6, 6.07) is 3.87. The van der Waals surface area contributed by atoms with E-state index in [2.05, 4.69) is 15.9 Å². The lowest BCUT2D eigenvalue weighted by Gasteiger charge is -2.22. The first-order valence-corrected chi connectivity index (χ1v) is 6.93. The van der Waals surface area contributed by atoms with Crippen LogP contribution in [-0.2, 0) is 16.1 Å². The van der Waals surface area contributed by atoms with E-state index in [1.54, 1.807) is 0 Å². The fourth-order valence-corrected chi connectivity index (χ4v) is 2.53. The second-order valence-electron chi connectivity index (χ2n) is 4.40. The van der Waals surface area contributed by atoms with E-state index in [9.17, 15) is 0 Å². The predicted octanol–water partition coefficient (Wildman–Crippen LogP) is 3.22. The van der Waals surface area contributed by atoms with Crippen molar-refractivity contribution in [2.45, 2.75) is 32.2 Å². The van der Waals surface area contributed by atoms with Gasteiger partial charge in [0.25, 0.3) is 0 Å². The summed E-state index contributed by atoms with van der Waals surface area (Å²) < 4.78 is 22.9. The van der Waals surface area contributed by atoms with Gasteiger partial charge in [-0.1, -0.05) is 15.9 Å². The Hall–Kier alpha value is -0.780. The van der Waals surface area contributed by atoms with Gasteiger partial charge in [-0.15, -0.1) is 0 Å². The molecule has 1 unspecified atom stereocenters. The highest BCUT2D eigenvalue weighted by atomic mass is 79.9. The number of ether oxygens (including phenoxy) is 4. The number of halogens is 1. The van der Waals surface area contributed by atoms with Gasteiger partial charge >= 0.3 is 0 Å². The molecule has 0 bridgehead atoms. The normalized spacial score (nSPS) is 22.2. The topological polar surface area (TPSA) is 36.9 Å². The van der Waals surface area contributed by atoms with Crippen molar-refractivity contribution in [3.05, 3.63) is 22.2 Å². The minimum absolute atomic E-state index is 0.0731. The number of rotatable bonds is 3. The Morgan fingerprint density at radius 1 is 1.22 bits per heavy atom. The molecular weight excluding hydrogens is 300 g/mol. The van der Waals surface area contributed by atoms with Gasteiger partial charge in [0.1, 0.15) is 0 Å². The number of hydrogen-bond donors (Lipinski definition) is 0. The predicted molar refractivity (Wildman–Crippen MR) is 68.6 cm³/mol. The van der Waals surface area contributed by atoms with Crippen LogP contribution < -0.4 is 9.47 Å². The second-order valence-corrected chi connectivity index (χ2v) is 5.26. The lowest BCUT2D eigenvalue weighted by Crippen LogP contribution is -2.22. The zero-order valence-electron chi connectivity index (χ0n) is 9.99. The molecule has 2 aliphatic heterocycles. The van der Waals surface area contributed by atoms with Gasteiger partial charge < -0.3 is 18.9 Å². The second kappa shape index (κ2) is 5.47. The third-order valence-corrected chi connectivity index (χ3v) is 3.84. The van der Waals surface area contributed by atoms with Crippen LogP contribution in [0, 0.1) is 0 Å². The van der Waals surface area contributed by atoms with Crippen molar-refractivity contribution in [1.82, 2.24) is 0 Å². The molecule has 1 fully saturated rings. The van der Waals surface area contributed by atoms with Gasteiger partial charge in [-0.3, -0.25) is 0 Å². The van der Waals surface area contributed by atoms with Crippen LogP contribution in [0.25, 0.3) is 0 Å². The Kier molecular flexibility index (Phi) is 3.72. The van der Waals surface area contributed by atoms with Crippen LogP contribution in [0.4, 0.5) is 0 Å². The van der Waals surface area contributed by atoms with E-state index in [4.69, 9.17) is 18.9 Å². The smallest absolute Gasteiger partial charge is 0.231 e. The van der Waals surface area contributed by atoms with Crippen LogP contribution in [-0.4, -0.2) is 19.7 Å². The Labute approximate surface area is 114 Å². The molecule has 2 aliphatic rings. The Bertz CT molecular complexity index is 429. The summed E-state index contributed by atoms with van der Waals surface area (Å²) in [7, 11) is 0. The van der Waals surface area contributed by atoms with Crippen LogP contribution >= 0.6 is 15.9 Å². The largest absolute Gasteiger partial charge is 0.454 e. The highest BCUT2D eigenvalue weighted by Crippen LogP contribution is 2.37. The third kappa shape index (κ3) is 2.63. The van der Waals surface area contributed by atoms with Gasteiger partial charge in [0.15, 0.2) is 17.8 Å². The first-order valence-electron chi connectivity index (χ1n) is 6.14. The number of fused-ring (bicyclic) bond motifs is 1. The molecular formula is C13H15BrO4. The van der Waals surface area contributed by atoms with Gasteiger partial charge in [-0.05, 0) is 37.0 Å².